The molecule has 1 aromatic rings. The van der Waals surface area contributed by atoms with Gasteiger partial charge < -0.3 is 5.32 Å². The fraction of sp³-hybridized carbons (Fsp3) is 0.786. The van der Waals surface area contributed by atoms with Gasteiger partial charge in [0.15, 0.2) is 0 Å². The highest BCUT2D eigenvalue weighted by molar-refractivity contribution is 7.89. The molecule has 1 atom stereocenters. The molecule has 2 N–H and O–H groups in total. The van der Waals surface area contributed by atoms with Crippen molar-refractivity contribution in [2.45, 2.75) is 58.0 Å². The fourth-order valence-electron chi connectivity index (χ4n) is 2.11. The number of sulfonamides is 1. The zero-order valence-electron chi connectivity index (χ0n) is 13.5. The molecule has 0 aliphatic carbocycles. The van der Waals surface area contributed by atoms with Crippen molar-refractivity contribution in [1.29, 1.82) is 0 Å². The van der Waals surface area contributed by atoms with E-state index in [-0.39, 0.29) is 16.9 Å². The average molecular weight is 316 g/mol. The van der Waals surface area contributed by atoms with Gasteiger partial charge in [-0.3, -0.25) is 4.68 Å². The molecule has 0 saturated carbocycles. The highest BCUT2D eigenvalue weighted by Gasteiger charge is 2.22. The number of hydrogen-bond donors (Lipinski definition) is 2. The number of rotatable bonds is 10. The van der Waals surface area contributed by atoms with E-state index in [0.29, 0.717) is 6.54 Å². The monoisotopic (exact) mass is 316 g/mol. The molecule has 0 fully saturated rings. The second-order valence-electron chi connectivity index (χ2n) is 5.53. The molecule has 1 aromatic heterocycles. The average Bonchev–Trinajstić information content (AvgIpc) is 2.90. The molecule has 7 heteroatoms. The largest absolute Gasteiger partial charge is 0.317 e. The van der Waals surface area contributed by atoms with Gasteiger partial charge in [-0.15, -0.1) is 0 Å². The summed E-state index contributed by atoms with van der Waals surface area (Å²) in [7, 11) is -3.48. The molecule has 0 spiro atoms. The lowest BCUT2D eigenvalue weighted by molar-refractivity contribution is 0.437. The van der Waals surface area contributed by atoms with Crippen LogP contribution in [-0.2, 0) is 16.6 Å². The van der Waals surface area contributed by atoms with Gasteiger partial charge in [0.25, 0.3) is 0 Å². The highest BCUT2D eigenvalue weighted by atomic mass is 32.2. The Hall–Kier alpha value is -0.920. The van der Waals surface area contributed by atoms with Gasteiger partial charge in [0, 0.05) is 18.8 Å². The summed E-state index contributed by atoms with van der Waals surface area (Å²) in [4.78, 5) is 0.241. The summed E-state index contributed by atoms with van der Waals surface area (Å²) in [6.07, 6.45) is 4.71. The smallest absolute Gasteiger partial charge is 0.243 e. The Morgan fingerprint density at radius 1 is 1.33 bits per heavy atom. The van der Waals surface area contributed by atoms with Gasteiger partial charge in [-0.1, -0.05) is 27.7 Å². The minimum atomic E-state index is -3.48. The molecule has 1 heterocycles. The van der Waals surface area contributed by atoms with Crippen molar-refractivity contribution in [1.82, 2.24) is 19.8 Å². The Kier molecular flexibility index (Phi) is 7.34. The van der Waals surface area contributed by atoms with Gasteiger partial charge in [-0.05, 0) is 31.8 Å². The summed E-state index contributed by atoms with van der Waals surface area (Å²) in [5.74, 6) is 0.264. The van der Waals surface area contributed by atoms with Crippen molar-refractivity contribution in [3.8, 4) is 0 Å². The van der Waals surface area contributed by atoms with Crippen molar-refractivity contribution in [3.05, 3.63) is 12.4 Å². The maximum atomic E-state index is 12.3. The predicted octanol–water partition coefficient (Wildman–Crippen LogP) is 1.60. The molecule has 21 heavy (non-hydrogen) atoms. The predicted molar refractivity (Wildman–Crippen MR) is 84.6 cm³/mol. The molecule has 0 aromatic carbocycles. The molecule has 0 amide bonds. The standard InChI is InChI=1S/C14H28N4O2S/c1-5-14(12(3)4)17-21(19,20)13-10-16-18(11-13)9-7-8-15-6-2/h10-12,14-15,17H,5-9H2,1-4H3. The molecule has 0 bridgehead atoms. The van der Waals surface area contributed by atoms with Gasteiger partial charge >= 0.3 is 0 Å². The Bertz CT molecular complexity index is 511. The third-order valence-corrected chi connectivity index (χ3v) is 4.91. The normalized spacial score (nSPS) is 13.8. The van der Waals surface area contributed by atoms with E-state index >= 15 is 0 Å². The topological polar surface area (TPSA) is 76.0 Å². The van der Waals surface area contributed by atoms with Gasteiger partial charge in [0.1, 0.15) is 4.90 Å². The maximum absolute atomic E-state index is 12.3. The Morgan fingerprint density at radius 2 is 2.05 bits per heavy atom. The summed E-state index contributed by atoms with van der Waals surface area (Å²) in [5.41, 5.74) is 0. The molecule has 6 nitrogen and oxygen atoms in total. The summed E-state index contributed by atoms with van der Waals surface area (Å²) >= 11 is 0. The number of aromatic nitrogens is 2. The van der Waals surface area contributed by atoms with E-state index in [1.807, 2.05) is 20.8 Å². The summed E-state index contributed by atoms with van der Waals surface area (Å²) < 4.78 is 29.1. The first-order chi connectivity index (χ1) is 9.90. The number of nitrogens with one attached hydrogen (secondary N) is 2. The summed E-state index contributed by atoms with van der Waals surface area (Å²) in [6.45, 7) is 10.6. The van der Waals surface area contributed by atoms with E-state index < -0.39 is 10.0 Å². The zero-order valence-corrected chi connectivity index (χ0v) is 14.3. The van der Waals surface area contributed by atoms with E-state index in [1.165, 1.54) is 6.20 Å². The fourth-order valence-corrected chi connectivity index (χ4v) is 3.53. The van der Waals surface area contributed by atoms with Crippen LogP contribution in [-0.4, -0.2) is 37.3 Å². The molecule has 122 valence electrons. The van der Waals surface area contributed by atoms with Crippen LogP contribution >= 0.6 is 0 Å². The van der Waals surface area contributed by atoms with E-state index in [1.54, 1.807) is 10.9 Å². The van der Waals surface area contributed by atoms with Crippen LogP contribution in [0.3, 0.4) is 0 Å². The molecule has 0 saturated heterocycles. The molecule has 0 aliphatic rings. The maximum Gasteiger partial charge on any atom is 0.243 e. The molecule has 1 rings (SSSR count). The Labute approximate surface area is 128 Å². The minimum Gasteiger partial charge on any atom is -0.317 e. The minimum absolute atomic E-state index is 0.0490. The van der Waals surface area contributed by atoms with E-state index in [2.05, 4.69) is 22.1 Å². The van der Waals surface area contributed by atoms with Crippen molar-refractivity contribution in [2.24, 2.45) is 5.92 Å². The van der Waals surface area contributed by atoms with Crippen LogP contribution < -0.4 is 10.0 Å². The Morgan fingerprint density at radius 3 is 2.62 bits per heavy atom. The first-order valence-corrected chi connectivity index (χ1v) is 9.14. The summed E-state index contributed by atoms with van der Waals surface area (Å²) in [5, 5.41) is 7.36. The van der Waals surface area contributed by atoms with E-state index in [9.17, 15) is 8.42 Å². The van der Waals surface area contributed by atoms with Crippen molar-refractivity contribution < 1.29 is 8.42 Å². The number of hydrogen-bond acceptors (Lipinski definition) is 4. The number of aryl methyl sites for hydroxylation is 1. The zero-order chi connectivity index (χ0) is 15.9. The second kappa shape index (κ2) is 8.51. The lowest BCUT2D eigenvalue weighted by atomic mass is 10.0. The first kappa shape index (κ1) is 18.1. The molecule has 0 radical (unpaired) electrons. The van der Waals surface area contributed by atoms with Crippen molar-refractivity contribution >= 4 is 10.0 Å². The molecule has 1 unspecified atom stereocenters. The molecule has 0 aliphatic heterocycles. The first-order valence-electron chi connectivity index (χ1n) is 7.66. The van der Waals surface area contributed by atoms with Gasteiger partial charge in [0.2, 0.25) is 10.0 Å². The third-order valence-electron chi connectivity index (χ3n) is 3.46. The van der Waals surface area contributed by atoms with Crippen LogP contribution in [0.4, 0.5) is 0 Å². The summed E-state index contributed by atoms with van der Waals surface area (Å²) in [6, 6.07) is -0.0490. The number of nitrogens with zero attached hydrogens (tertiary/aromatic N) is 2. The van der Waals surface area contributed by atoms with E-state index in [0.717, 1.165) is 25.9 Å². The van der Waals surface area contributed by atoms with E-state index in [4.69, 9.17) is 0 Å². The lowest BCUT2D eigenvalue weighted by Crippen LogP contribution is -2.37. The van der Waals surface area contributed by atoms with Crippen molar-refractivity contribution in [2.75, 3.05) is 13.1 Å². The highest BCUT2D eigenvalue weighted by Crippen LogP contribution is 2.13. The quantitative estimate of drug-likeness (QED) is 0.643. The van der Waals surface area contributed by atoms with Crippen LogP contribution in [0.2, 0.25) is 0 Å². The van der Waals surface area contributed by atoms with Crippen LogP contribution in [0.5, 0.6) is 0 Å². The third kappa shape index (κ3) is 5.76. The van der Waals surface area contributed by atoms with Crippen LogP contribution in [0, 0.1) is 5.92 Å². The second-order valence-corrected chi connectivity index (χ2v) is 7.24. The SMILES string of the molecule is CCNCCCn1cc(S(=O)(=O)NC(CC)C(C)C)cn1. The van der Waals surface area contributed by atoms with Crippen LogP contribution in [0.25, 0.3) is 0 Å². The van der Waals surface area contributed by atoms with Crippen molar-refractivity contribution in [3.63, 3.8) is 0 Å². The van der Waals surface area contributed by atoms with Gasteiger partial charge in [0.05, 0.1) is 6.20 Å². The van der Waals surface area contributed by atoms with Gasteiger partial charge in [-0.2, -0.15) is 5.10 Å². The van der Waals surface area contributed by atoms with Crippen LogP contribution in [0.1, 0.15) is 40.5 Å². The van der Waals surface area contributed by atoms with Gasteiger partial charge in [-0.25, -0.2) is 13.1 Å². The molecular formula is C14H28N4O2S. The Balaban J connectivity index is 2.65. The molecular weight excluding hydrogens is 288 g/mol. The lowest BCUT2D eigenvalue weighted by Gasteiger charge is -2.19. The van der Waals surface area contributed by atoms with Crippen LogP contribution in [0.15, 0.2) is 17.3 Å².